The molecule has 0 aliphatic heterocycles. The summed E-state index contributed by atoms with van der Waals surface area (Å²) in [5.74, 6) is 0. The maximum Gasteiger partial charge on any atom is 0.0879 e. The summed E-state index contributed by atoms with van der Waals surface area (Å²) in [5, 5.41) is 0.988. The van der Waals surface area contributed by atoms with E-state index in [1.807, 2.05) is 18.3 Å². The highest BCUT2D eigenvalue weighted by Crippen LogP contribution is 2.17. The fourth-order valence-corrected chi connectivity index (χ4v) is 0.892. The molecule has 0 saturated heterocycles. The third kappa shape index (κ3) is 1.14. The van der Waals surface area contributed by atoms with Crippen LogP contribution in [0.15, 0.2) is 23.4 Å². The Bertz CT molecular complexity index is 126. The molecule has 0 aliphatic carbocycles. The van der Waals surface area contributed by atoms with Crippen molar-refractivity contribution in [2.75, 3.05) is 0 Å². The van der Waals surface area contributed by atoms with Gasteiger partial charge < -0.3 is 4.98 Å². The van der Waals surface area contributed by atoms with Crippen LogP contribution in [-0.2, 0) is 0 Å². The van der Waals surface area contributed by atoms with E-state index < -0.39 is 0 Å². The normalized spacial score (nSPS) is 9.29. The largest absolute Gasteiger partial charge is 0.356 e. The van der Waals surface area contributed by atoms with Crippen molar-refractivity contribution in [3.05, 3.63) is 18.3 Å². The summed E-state index contributed by atoms with van der Waals surface area (Å²) in [7, 11) is 6.55. The topological polar surface area (TPSA) is 15.8 Å². The van der Waals surface area contributed by atoms with Gasteiger partial charge in [0.2, 0.25) is 0 Å². The highest BCUT2D eigenvalue weighted by Gasteiger charge is 1.84. The van der Waals surface area contributed by atoms with E-state index in [-0.39, 0.29) is 0 Å². The zero-order valence-electron chi connectivity index (χ0n) is 3.52. The number of hydrogen-bond acceptors (Lipinski definition) is 1. The maximum atomic E-state index is 5.35. The van der Waals surface area contributed by atoms with Gasteiger partial charge in [0.15, 0.2) is 0 Å². The average molecular weight is 134 g/mol. The Balaban J connectivity index is 2.76. The van der Waals surface area contributed by atoms with Crippen molar-refractivity contribution in [2.45, 2.75) is 5.03 Å². The molecular weight excluding hydrogens is 130 g/mol. The van der Waals surface area contributed by atoms with E-state index in [1.54, 1.807) is 0 Å². The molecule has 1 rings (SSSR count). The summed E-state index contributed by atoms with van der Waals surface area (Å²) >= 11 is 0. The fourth-order valence-electron chi connectivity index (χ4n) is 0.362. The van der Waals surface area contributed by atoms with E-state index in [4.69, 9.17) is 10.7 Å². The number of rotatable bonds is 1. The van der Waals surface area contributed by atoms with E-state index >= 15 is 0 Å². The summed E-state index contributed by atoms with van der Waals surface area (Å²) < 4.78 is 0. The number of hydrogen-bond donors (Lipinski definition) is 1. The predicted octanol–water partition coefficient (Wildman–Crippen LogP) is 2.26. The second-order valence-corrected chi connectivity index (χ2v) is 2.17. The Morgan fingerprint density at radius 2 is 2.57 bits per heavy atom. The molecule has 1 heterocycles. The summed E-state index contributed by atoms with van der Waals surface area (Å²) in [6, 6.07) is 3.82. The first-order valence-corrected chi connectivity index (χ1v) is 3.50. The van der Waals surface area contributed by atoms with Gasteiger partial charge in [0.1, 0.15) is 0 Å². The molecular formula is C4H4ClNS. The lowest BCUT2D eigenvalue weighted by atomic mass is 10.7. The SMILES string of the molecule is ClSc1ccc[nH]1. The van der Waals surface area contributed by atoms with Crippen LogP contribution in [0.1, 0.15) is 0 Å². The van der Waals surface area contributed by atoms with Gasteiger partial charge in [-0.05, 0) is 33.8 Å². The lowest BCUT2D eigenvalue weighted by Gasteiger charge is -1.77. The van der Waals surface area contributed by atoms with Crippen LogP contribution in [0.5, 0.6) is 0 Å². The fraction of sp³-hybridized carbons (Fsp3) is 0. The molecule has 38 valence electrons. The van der Waals surface area contributed by atoms with Crippen LogP contribution in [0.25, 0.3) is 0 Å². The predicted molar refractivity (Wildman–Crippen MR) is 32.5 cm³/mol. The Kier molecular flexibility index (Phi) is 1.65. The van der Waals surface area contributed by atoms with E-state index in [0.29, 0.717) is 0 Å². The first-order chi connectivity index (χ1) is 3.43. The van der Waals surface area contributed by atoms with E-state index in [2.05, 4.69) is 4.98 Å². The van der Waals surface area contributed by atoms with Crippen LogP contribution in [0.4, 0.5) is 0 Å². The standard InChI is InChI=1S/C4H4ClNS/c5-7-4-2-1-3-6-4/h1-3,6H. The monoisotopic (exact) mass is 133 g/mol. The maximum absolute atomic E-state index is 5.35. The third-order valence-corrected chi connectivity index (χ3v) is 1.57. The van der Waals surface area contributed by atoms with Gasteiger partial charge in [-0.25, -0.2) is 0 Å². The number of nitrogens with one attached hydrogen (secondary N) is 1. The van der Waals surface area contributed by atoms with Gasteiger partial charge in [0.05, 0.1) is 5.03 Å². The van der Waals surface area contributed by atoms with Crippen molar-refractivity contribution < 1.29 is 0 Å². The molecule has 1 aromatic rings. The van der Waals surface area contributed by atoms with Gasteiger partial charge in [-0.3, -0.25) is 0 Å². The van der Waals surface area contributed by atoms with Crippen LogP contribution < -0.4 is 0 Å². The number of halogens is 1. The first kappa shape index (κ1) is 5.06. The molecule has 1 nitrogen and oxygen atoms in total. The van der Waals surface area contributed by atoms with Gasteiger partial charge in [0.25, 0.3) is 0 Å². The molecule has 0 saturated carbocycles. The Morgan fingerprint density at radius 1 is 1.71 bits per heavy atom. The number of aromatic nitrogens is 1. The van der Waals surface area contributed by atoms with Gasteiger partial charge in [-0.2, -0.15) is 0 Å². The highest BCUT2D eigenvalue weighted by molar-refractivity contribution is 8.21. The molecule has 1 aromatic heterocycles. The highest BCUT2D eigenvalue weighted by atomic mass is 35.7. The van der Waals surface area contributed by atoms with Gasteiger partial charge in [-0.15, -0.1) is 0 Å². The van der Waals surface area contributed by atoms with Crippen LogP contribution >= 0.6 is 21.7 Å². The summed E-state index contributed by atoms with van der Waals surface area (Å²) in [6.07, 6.45) is 1.84. The molecule has 0 aromatic carbocycles. The van der Waals surface area contributed by atoms with Crippen LogP contribution in [0, 0.1) is 0 Å². The van der Waals surface area contributed by atoms with Gasteiger partial charge >= 0.3 is 0 Å². The lowest BCUT2D eigenvalue weighted by molar-refractivity contribution is 1.21. The molecule has 0 spiro atoms. The lowest BCUT2D eigenvalue weighted by Crippen LogP contribution is -1.56. The Labute approximate surface area is 50.6 Å². The second kappa shape index (κ2) is 2.28. The average Bonchev–Trinajstić information content (AvgIpc) is 2.14. The molecule has 1 N–H and O–H groups in total. The van der Waals surface area contributed by atoms with Gasteiger partial charge in [0, 0.05) is 6.20 Å². The Morgan fingerprint density at radius 3 is 2.86 bits per heavy atom. The zero-order valence-corrected chi connectivity index (χ0v) is 5.09. The zero-order chi connectivity index (χ0) is 5.11. The molecule has 0 fully saturated rings. The minimum absolute atomic E-state index is 0.988. The molecule has 0 radical (unpaired) electrons. The van der Waals surface area contributed by atoms with Crippen LogP contribution in [0.2, 0.25) is 0 Å². The van der Waals surface area contributed by atoms with Crippen molar-refractivity contribution >= 4 is 21.7 Å². The van der Waals surface area contributed by atoms with E-state index in [1.165, 1.54) is 11.0 Å². The van der Waals surface area contributed by atoms with Crippen molar-refractivity contribution in [1.29, 1.82) is 0 Å². The van der Waals surface area contributed by atoms with E-state index in [9.17, 15) is 0 Å². The smallest absolute Gasteiger partial charge is 0.0879 e. The molecule has 3 heteroatoms. The van der Waals surface area contributed by atoms with Crippen molar-refractivity contribution in [3.8, 4) is 0 Å². The summed E-state index contributed by atoms with van der Waals surface area (Å²) in [4.78, 5) is 2.92. The van der Waals surface area contributed by atoms with Crippen molar-refractivity contribution in [1.82, 2.24) is 4.98 Å². The van der Waals surface area contributed by atoms with Gasteiger partial charge in [-0.1, -0.05) is 0 Å². The molecule has 0 atom stereocenters. The quantitative estimate of drug-likeness (QED) is 0.622. The molecule has 0 bridgehead atoms. The van der Waals surface area contributed by atoms with Crippen LogP contribution in [-0.4, -0.2) is 4.98 Å². The second-order valence-electron chi connectivity index (χ2n) is 1.11. The molecule has 0 amide bonds. The minimum Gasteiger partial charge on any atom is -0.356 e. The third-order valence-electron chi connectivity index (χ3n) is 0.653. The number of aromatic amines is 1. The summed E-state index contributed by atoms with van der Waals surface area (Å²) in [6.45, 7) is 0. The summed E-state index contributed by atoms with van der Waals surface area (Å²) in [5.41, 5.74) is 0. The Hall–Kier alpha value is -0.0800. The van der Waals surface area contributed by atoms with Crippen LogP contribution in [0.3, 0.4) is 0 Å². The minimum atomic E-state index is 0.988. The first-order valence-electron chi connectivity index (χ1n) is 1.85. The molecule has 7 heavy (non-hydrogen) atoms. The van der Waals surface area contributed by atoms with E-state index in [0.717, 1.165) is 5.03 Å². The molecule has 0 aliphatic rings. The van der Waals surface area contributed by atoms with Crippen molar-refractivity contribution in [3.63, 3.8) is 0 Å². The number of H-pyrrole nitrogens is 1. The van der Waals surface area contributed by atoms with Crippen molar-refractivity contribution in [2.24, 2.45) is 0 Å². The molecule has 0 unspecified atom stereocenters.